The third-order valence-electron chi connectivity index (χ3n) is 7.34. The number of phenolic OH excluding ortho intramolecular Hbond substituents is 4. The van der Waals surface area contributed by atoms with E-state index in [0.717, 1.165) is 5.56 Å². The molecule has 0 unspecified atom stereocenters. The highest BCUT2D eigenvalue weighted by molar-refractivity contribution is 5.92. The van der Waals surface area contributed by atoms with Crippen molar-refractivity contribution in [1.29, 1.82) is 0 Å². The normalized spacial score (nSPS) is 14.3. The van der Waals surface area contributed by atoms with Crippen molar-refractivity contribution in [3.8, 4) is 62.7 Å². The minimum atomic E-state index is -0.424. The number of fused-ring (bicyclic) bond motifs is 2. The Balaban J connectivity index is 1.59. The van der Waals surface area contributed by atoms with Crippen LogP contribution in [-0.2, 0) is 6.42 Å². The molecule has 0 bridgehead atoms. The summed E-state index contributed by atoms with van der Waals surface area (Å²) in [5.41, 5.74) is 1.75. The summed E-state index contributed by atoms with van der Waals surface area (Å²) >= 11 is 0. The average molecular weight is 555 g/mol. The van der Waals surface area contributed by atoms with Gasteiger partial charge in [0.2, 0.25) is 5.43 Å². The minimum Gasteiger partial charge on any atom is -0.508 e. The van der Waals surface area contributed by atoms with Crippen LogP contribution in [0.1, 0.15) is 17.0 Å². The molecular formula is C32H26O9. The zero-order valence-corrected chi connectivity index (χ0v) is 22.2. The van der Waals surface area contributed by atoms with Crippen LogP contribution >= 0.6 is 0 Å². The second kappa shape index (κ2) is 10.0. The van der Waals surface area contributed by atoms with Gasteiger partial charge in [0.1, 0.15) is 51.6 Å². The maximum Gasteiger partial charge on any atom is 0.201 e. The van der Waals surface area contributed by atoms with Crippen LogP contribution in [0.5, 0.6) is 40.2 Å². The van der Waals surface area contributed by atoms with Crippen LogP contribution in [0.15, 0.2) is 75.9 Å². The second-order valence-corrected chi connectivity index (χ2v) is 9.81. The molecule has 2 heterocycles. The van der Waals surface area contributed by atoms with Crippen molar-refractivity contribution in [3.63, 3.8) is 0 Å². The van der Waals surface area contributed by atoms with Gasteiger partial charge in [0.15, 0.2) is 0 Å². The lowest BCUT2D eigenvalue weighted by Crippen LogP contribution is -2.19. The predicted molar refractivity (Wildman–Crippen MR) is 152 cm³/mol. The molecule has 208 valence electrons. The maximum absolute atomic E-state index is 14.1. The third-order valence-corrected chi connectivity index (χ3v) is 7.34. The Morgan fingerprint density at radius 3 is 2.34 bits per heavy atom. The van der Waals surface area contributed by atoms with Gasteiger partial charge in [-0.25, -0.2) is 0 Å². The molecule has 0 spiro atoms. The van der Waals surface area contributed by atoms with Crippen LogP contribution < -0.4 is 19.6 Å². The van der Waals surface area contributed by atoms with Gasteiger partial charge in [0.05, 0.1) is 37.3 Å². The molecule has 41 heavy (non-hydrogen) atoms. The molecule has 0 saturated heterocycles. The number of hydrogen-bond acceptors (Lipinski definition) is 9. The molecule has 9 heteroatoms. The fourth-order valence-electron chi connectivity index (χ4n) is 5.28. The first kappa shape index (κ1) is 25.9. The van der Waals surface area contributed by atoms with Gasteiger partial charge < -0.3 is 39.1 Å². The summed E-state index contributed by atoms with van der Waals surface area (Å²) in [5.74, 6) is 0.748. The number of phenols is 4. The summed E-state index contributed by atoms with van der Waals surface area (Å²) in [6.45, 7) is 0.230. The molecule has 1 aromatic heterocycles. The van der Waals surface area contributed by atoms with Crippen LogP contribution in [0.2, 0.25) is 0 Å². The zero-order valence-electron chi connectivity index (χ0n) is 22.2. The van der Waals surface area contributed by atoms with Crippen molar-refractivity contribution in [2.75, 3.05) is 20.8 Å². The summed E-state index contributed by atoms with van der Waals surface area (Å²) < 4.78 is 22.9. The lowest BCUT2D eigenvalue weighted by molar-refractivity contribution is 0.258. The van der Waals surface area contributed by atoms with E-state index in [2.05, 4.69) is 0 Å². The van der Waals surface area contributed by atoms with Gasteiger partial charge in [0.25, 0.3) is 0 Å². The molecular weight excluding hydrogens is 528 g/mol. The molecule has 0 saturated carbocycles. The number of aromatic hydroxyl groups is 4. The van der Waals surface area contributed by atoms with Crippen molar-refractivity contribution in [2.45, 2.75) is 12.3 Å². The number of hydrogen-bond donors (Lipinski definition) is 4. The van der Waals surface area contributed by atoms with E-state index in [9.17, 15) is 25.2 Å². The fraction of sp³-hybridized carbons (Fsp3) is 0.156. The first-order valence-corrected chi connectivity index (χ1v) is 12.8. The summed E-state index contributed by atoms with van der Waals surface area (Å²) in [7, 11) is 2.90. The fourth-order valence-corrected chi connectivity index (χ4v) is 5.28. The lowest BCUT2D eigenvalue weighted by Gasteiger charge is -2.27. The smallest absolute Gasteiger partial charge is 0.201 e. The van der Waals surface area contributed by atoms with E-state index in [0.29, 0.717) is 29.0 Å². The van der Waals surface area contributed by atoms with Crippen LogP contribution in [-0.4, -0.2) is 41.3 Å². The molecule has 0 aliphatic carbocycles. The molecule has 6 rings (SSSR count). The summed E-state index contributed by atoms with van der Waals surface area (Å²) in [6.07, 6.45) is 0.521. The van der Waals surface area contributed by atoms with Crippen LogP contribution in [0.4, 0.5) is 0 Å². The molecule has 0 fully saturated rings. The molecule has 5 aromatic rings. The van der Waals surface area contributed by atoms with Gasteiger partial charge in [-0.05, 0) is 48.4 Å². The number of benzene rings is 4. The maximum atomic E-state index is 14.1. The predicted octanol–water partition coefficient (Wildman–Crippen LogP) is 5.69. The molecule has 9 nitrogen and oxygen atoms in total. The van der Waals surface area contributed by atoms with Gasteiger partial charge in [0, 0.05) is 41.3 Å². The number of rotatable bonds is 5. The Hall–Kier alpha value is -5.31. The monoisotopic (exact) mass is 554 g/mol. The van der Waals surface area contributed by atoms with Gasteiger partial charge in [-0.1, -0.05) is 6.07 Å². The van der Waals surface area contributed by atoms with Gasteiger partial charge in [-0.15, -0.1) is 0 Å². The summed E-state index contributed by atoms with van der Waals surface area (Å²) in [5, 5.41) is 42.0. The SMILES string of the molecule is COc1ccc(-c2oc3cc(O)ccc3c(=O)c2-c2cc([C@@H]3COc4cc(O)ccc4C3)c(O)cc2OC)c(O)c1. The summed E-state index contributed by atoms with van der Waals surface area (Å²) in [4.78, 5) is 14.1. The Morgan fingerprint density at radius 2 is 1.59 bits per heavy atom. The molecule has 0 amide bonds. The van der Waals surface area contributed by atoms with Gasteiger partial charge in [-0.3, -0.25) is 4.79 Å². The third kappa shape index (κ3) is 4.51. The molecule has 1 aliphatic rings. The van der Waals surface area contributed by atoms with Crippen molar-refractivity contribution < 1.29 is 39.1 Å². The standard InChI is InChI=1S/C32H26O9/c1-38-20-6-8-21(25(35)12-20)32-30(31(37)22-7-5-19(34)11-29(22)41-32)24-13-23(26(36)14-28(24)39-2)17-9-16-3-4-18(33)10-27(16)40-15-17/h3-8,10-14,17,33-36H,9,15H2,1-2H3/t17-/m0/s1. The van der Waals surface area contributed by atoms with Crippen LogP contribution in [0.3, 0.4) is 0 Å². The van der Waals surface area contributed by atoms with E-state index in [4.69, 9.17) is 18.6 Å². The zero-order chi connectivity index (χ0) is 28.8. The van der Waals surface area contributed by atoms with Crippen molar-refractivity contribution >= 4 is 11.0 Å². The first-order chi connectivity index (χ1) is 19.8. The number of ether oxygens (including phenoxy) is 3. The highest BCUT2D eigenvalue weighted by Crippen LogP contribution is 2.46. The Bertz CT molecular complexity index is 1870. The number of methoxy groups -OCH3 is 2. The average Bonchev–Trinajstić information content (AvgIpc) is 2.96. The Morgan fingerprint density at radius 1 is 0.805 bits per heavy atom. The van der Waals surface area contributed by atoms with E-state index in [-0.39, 0.29) is 69.1 Å². The molecule has 1 aliphatic heterocycles. The van der Waals surface area contributed by atoms with Crippen LogP contribution in [0.25, 0.3) is 33.4 Å². The first-order valence-electron chi connectivity index (χ1n) is 12.8. The van der Waals surface area contributed by atoms with E-state index >= 15 is 0 Å². The highest BCUT2D eigenvalue weighted by Gasteiger charge is 2.29. The minimum absolute atomic E-state index is 0.0367. The Kier molecular flexibility index (Phi) is 6.34. The van der Waals surface area contributed by atoms with E-state index in [1.165, 1.54) is 44.6 Å². The largest absolute Gasteiger partial charge is 0.508 e. The molecule has 4 N–H and O–H groups in total. The molecule has 4 aromatic carbocycles. The lowest BCUT2D eigenvalue weighted by atomic mass is 9.87. The van der Waals surface area contributed by atoms with E-state index in [1.807, 2.05) is 0 Å². The topological polar surface area (TPSA) is 139 Å². The highest BCUT2D eigenvalue weighted by atomic mass is 16.5. The summed E-state index contributed by atoms with van der Waals surface area (Å²) in [6, 6.07) is 16.8. The second-order valence-electron chi connectivity index (χ2n) is 9.81. The van der Waals surface area contributed by atoms with Gasteiger partial charge in [-0.2, -0.15) is 0 Å². The van der Waals surface area contributed by atoms with Gasteiger partial charge >= 0.3 is 0 Å². The Labute approximate surface area is 234 Å². The van der Waals surface area contributed by atoms with Crippen molar-refractivity contribution in [3.05, 3.63) is 88.1 Å². The van der Waals surface area contributed by atoms with Crippen LogP contribution in [0, 0.1) is 0 Å². The van der Waals surface area contributed by atoms with E-state index < -0.39 is 5.43 Å². The molecule has 0 radical (unpaired) electrons. The van der Waals surface area contributed by atoms with Crippen molar-refractivity contribution in [2.24, 2.45) is 0 Å². The molecule has 1 atom stereocenters. The van der Waals surface area contributed by atoms with Crippen molar-refractivity contribution in [1.82, 2.24) is 0 Å². The van der Waals surface area contributed by atoms with E-state index in [1.54, 1.807) is 36.4 Å². The quantitative estimate of drug-likeness (QED) is 0.216.